The fourth-order valence-electron chi connectivity index (χ4n) is 4.65. The molecule has 0 heterocycles. The Morgan fingerprint density at radius 1 is 1.19 bits per heavy atom. The maximum atomic E-state index is 10.5. The first-order chi connectivity index (χ1) is 13.0. The molecule has 0 aromatic carbocycles. The topological polar surface area (TPSA) is 110 Å². The van der Waals surface area contributed by atoms with Crippen LogP contribution in [0.4, 0.5) is 0 Å². The molecule has 2 fully saturated rings. The summed E-state index contributed by atoms with van der Waals surface area (Å²) in [4.78, 5) is 10.5. The minimum atomic E-state index is -0.759. The van der Waals surface area contributed by atoms with E-state index < -0.39 is 18.2 Å². The molecule has 0 saturated heterocycles. The second kappa shape index (κ2) is 11.4. The molecule has 2 rings (SSSR count). The summed E-state index contributed by atoms with van der Waals surface area (Å²) in [5, 5.41) is 42.0. The van der Waals surface area contributed by atoms with Crippen molar-refractivity contribution in [3.63, 3.8) is 0 Å². The zero-order chi connectivity index (χ0) is 19.6. The lowest BCUT2D eigenvalue weighted by Gasteiger charge is -2.19. The van der Waals surface area contributed by atoms with E-state index in [1.54, 1.807) is 0 Å². The fraction of sp³-hybridized carbons (Fsp3) is 0.810. The predicted octanol–water partition coefficient (Wildman–Crippen LogP) is 3.74. The number of aliphatic hydroxyl groups excluding tert-OH is 2. The Hall–Kier alpha value is -1.40. The van der Waals surface area contributed by atoms with Gasteiger partial charge in [0.2, 0.25) is 0 Å². The Kier molecular flexibility index (Phi) is 9.28. The number of carboxylic acids is 1. The number of oxime groups is 1. The lowest BCUT2D eigenvalue weighted by Crippen LogP contribution is -2.19. The highest BCUT2D eigenvalue weighted by atomic mass is 16.4. The number of aliphatic carboxylic acids is 1. The van der Waals surface area contributed by atoms with E-state index in [-0.39, 0.29) is 18.3 Å². The van der Waals surface area contributed by atoms with E-state index in [4.69, 9.17) is 5.11 Å². The average Bonchev–Trinajstić information content (AvgIpc) is 3.23. The van der Waals surface area contributed by atoms with Gasteiger partial charge >= 0.3 is 5.97 Å². The lowest BCUT2D eigenvalue weighted by atomic mass is 9.88. The molecule has 0 bridgehead atoms. The van der Waals surface area contributed by atoms with Gasteiger partial charge in [0.25, 0.3) is 0 Å². The number of aliphatic hydroxyl groups is 2. The van der Waals surface area contributed by atoms with E-state index in [1.807, 2.05) is 12.2 Å². The standard InChI is InChI=1S/C21H35NO5/c23-16(13-15-7-5-6-8-15)11-12-18-17(19(22-27)14-20(18)24)9-3-1-2-4-10-21(25)26/h11-12,15-18,20,23-24,27H,1-10,13-14H2,(H,25,26)/t16?,17-,18-,20-/m1/s1. The zero-order valence-corrected chi connectivity index (χ0v) is 16.2. The molecule has 0 aromatic rings. The maximum absolute atomic E-state index is 10.5. The first-order valence-corrected chi connectivity index (χ1v) is 10.5. The highest BCUT2D eigenvalue weighted by Gasteiger charge is 2.38. The van der Waals surface area contributed by atoms with Crippen LogP contribution in [0.15, 0.2) is 17.3 Å². The van der Waals surface area contributed by atoms with E-state index in [2.05, 4.69) is 5.16 Å². The van der Waals surface area contributed by atoms with Gasteiger partial charge in [-0.05, 0) is 25.2 Å². The minimum Gasteiger partial charge on any atom is -0.481 e. The molecule has 2 aliphatic carbocycles. The molecule has 6 heteroatoms. The van der Waals surface area contributed by atoms with Gasteiger partial charge in [0.1, 0.15) is 0 Å². The van der Waals surface area contributed by atoms with Crippen molar-refractivity contribution < 1.29 is 25.3 Å². The third-order valence-corrected chi connectivity index (χ3v) is 6.14. The number of rotatable bonds is 11. The first-order valence-electron chi connectivity index (χ1n) is 10.5. The van der Waals surface area contributed by atoms with E-state index >= 15 is 0 Å². The van der Waals surface area contributed by atoms with Gasteiger partial charge in [-0.1, -0.05) is 62.3 Å². The molecule has 1 unspecified atom stereocenters. The van der Waals surface area contributed by atoms with Gasteiger partial charge in [-0.15, -0.1) is 0 Å². The van der Waals surface area contributed by atoms with E-state index in [0.29, 0.717) is 24.5 Å². The van der Waals surface area contributed by atoms with Crippen molar-refractivity contribution >= 4 is 11.7 Å². The number of nitrogens with zero attached hydrogens (tertiary/aromatic N) is 1. The van der Waals surface area contributed by atoms with E-state index in [0.717, 1.165) is 32.1 Å². The third-order valence-electron chi connectivity index (χ3n) is 6.14. The van der Waals surface area contributed by atoms with Crippen molar-refractivity contribution in [2.24, 2.45) is 22.9 Å². The Morgan fingerprint density at radius 3 is 2.56 bits per heavy atom. The van der Waals surface area contributed by atoms with Gasteiger partial charge in [0.15, 0.2) is 0 Å². The van der Waals surface area contributed by atoms with Gasteiger partial charge in [0.05, 0.1) is 17.9 Å². The van der Waals surface area contributed by atoms with Crippen molar-refractivity contribution in [3.05, 3.63) is 12.2 Å². The molecule has 0 aliphatic heterocycles. The van der Waals surface area contributed by atoms with Gasteiger partial charge < -0.3 is 20.5 Å². The van der Waals surface area contributed by atoms with Gasteiger partial charge in [0, 0.05) is 24.7 Å². The molecule has 2 saturated carbocycles. The van der Waals surface area contributed by atoms with Crippen molar-refractivity contribution in [2.45, 2.75) is 89.3 Å². The van der Waals surface area contributed by atoms with Gasteiger partial charge in [-0.3, -0.25) is 4.79 Å². The lowest BCUT2D eigenvalue weighted by molar-refractivity contribution is -0.137. The molecule has 0 amide bonds. The number of carbonyl (C=O) groups is 1. The minimum absolute atomic E-state index is 0.0144. The van der Waals surface area contributed by atoms with E-state index in [9.17, 15) is 20.2 Å². The quantitative estimate of drug-likeness (QED) is 0.189. The molecule has 4 N–H and O–H groups in total. The smallest absolute Gasteiger partial charge is 0.303 e. The molecular formula is C21H35NO5. The highest BCUT2D eigenvalue weighted by molar-refractivity contribution is 5.89. The molecule has 6 nitrogen and oxygen atoms in total. The van der Waals surface area contributed by atoms with Crippen LogP contribution in [0, 0.1) is 17.8 Å². The highest BCUT2D eigenvalue weighted by Crippen LogP contribution is 2.35. The molecular weight excluding hydrogens is 346 g/mol. The molecule has 0 radical (unpaired) electrons. The zero-order valence-electron chi connectivity index (χ0n) is 16.2. The van der Waals surface area contributed by atoms with Crippen LogP contribution in [-0.2, 0) is 4.79 Å². The Labute approximate surface area is 162 Å². The van der Waals surface area contributed by atoms with E-state index in [1.165, 1.54) is 25.7 Å². The summed E-state index contributed by atoms with van der Waals surface area (Å²) < 4.78 is 0. The number of unbranched alkanes of at least 4 members (excludes halogenated alkanes) is 3. The summed E-state index contributed by atoms with van der Waals surface area (Å²) in [5.74, 6) is -0.299. The summed E-state index contributed by atoms with van der Waals surface area (Å²) in [6.07, 6.45) is 13.1. The first kappa shape index (κ1) is 21.9. The summed E-state index contributed by atoms with van der Waals surface area (Å²) in [7, 11) is 0. The fourth-order valence-corrected chi connectivity index (χ4v) is 4.65. The van der Waals surface area contributed by atoms with Crippen LogP contribution in [-0.4, -0.2) is 44.4 Å². The van der Waals surface area contributed by atoms with Gasteiger partial charge in [-0.2, -0.15) is 0 Å². The normalized spacial score (nSPS) is 29.1. The molecule has 27 heavy (non-hydrogen) atoms. The molecule has 154 valence electrons. The van der Waals surface area contributed by atoms with Crippen LogP contribution >= 0.6 is 0 Å². The largest absolute Gasteiger partial charge is 0.481 e. The van der Waals surface area contributed by atoms with Crippen LogP contribution < -0.4 is 0 Å². The molecule has 4 atom stereocenters. The summed E-state index contributed by atoms with van der Waals surface area (Å²) >= 11 is 0. The van der Waals surface area contributed by atoms with Crippen molar-refractivity contribution in [1.29, 1.82) is 0 Å². The predicted molar refractivity (Wildman–Crippen MR) is 104 cm³/mol. The van der Waals surface area contributed by atoms with Crippen LogP contribution in [0.2, 0.25) is 0 Å². The van der Waals surface area contributed by atoms with Crippen LogP contribution in [0.5, 0.6) is 0 Å². The van der Waals surface area contributed by atoms with Crippen LogP contribution in [0.1, 0.15) is 77.0 Å². The number of carboxylic acid groups (broad SMARTS) is 1. The summed E-state index contributed by atoms with van der Waals surface area (Å²) in [6.45, 7) is 0. The second-order valence-corrected chi connectivity index (χ2v) is 8.23. The Balaban J connectivity index is 1.82. The third kappa shape index (κ3) is 7.26. The maximum Gasteiger partial charge on any atom is 0.303 e. The Bertz CT molecular complexity index is 513. The van der Waals surface area contributed by atoms with Crippen LogP contribution in [0.25, 0.3) is 0 Å². The SMILES string of the molecule is O=C(O)CCCCCC[C@H]1C(=NO)C[C@@H](O)[C@@H]1C=CC(O)CC1CCCC1. The monoisotopic (exact) mass is 381 g/mol. The second-order valence-electron chi connectivity index (χ2n) is 8.23. The van der Waals surface area contributed by atoms with Crippen molar-refractivity contribution in [2.75, 3.05) is 0 Å². The Morgan fingerprint density at radius 2 is 1.89 bits per heavy atom. The molecule has 0 aromatic heterocycles. The van der Waals surface area contributed by atoms with Crippen molar-refractivity contribution in [3.8, 4) is 0 Å². The van der Waals surface area contributed by atoms with Crippen LogP contribution in [0.3, 0.4) is 0 Å². The number of hydrogen-bond donors (Lipinski definition) is 4. The average molecular weight is 382 g/mol. The summed E-state index contributed by atoms with van der Waals surface area (Å²) in [5.41, 5.74) is 0.632. The van der Waals surface area contributed by atoms with Gasteiger partial charge in [-0.25, -0.2) is 0 Å². The summed E-state index contributed by atoms with van der Waals surface area (Å²) in [6, 6.07) is 0. The molecule has 2 aliphatic rings. The number of hydrogen-bond acceptors (Lipinski definition) is 5. The van der Waals surface area contributed by atoms with Crippen molar-refractivity contribution in [1.82, 2.24) is 0 Å². The molecule has 0 spiro atoms.